The molecular weight excluding hydrogens is 410 g/mol. The van der Waals surface area contributed by atoms with Crippen LogP contribution in [-0.4, -0.2) is 70.5 Å². The van der Waals surface area contributed by atoms with Gasteiger partial charge >= 0.3 is 0 Å². The maximum atomic E-state index is 13.1. The van der Waals surface area contributed by atoms with Crippen molar-refractivity contribution >= 4 is 23.4 Å². The Morgan fingerprint density at radius 3 is 2.69 bits per heavy atom. The zero-order chi connectivity index (χ0) is 22.7. The fourth-order valence-electron chi connectivity index (χ4n) is 4.42. The lowest BCUT2D eigenvalue weighted by Crippen LogP contribution is -2.31. The number of ether oxygens (including phenoxy) is 1. The minimum atomic E-state index is -0.282. The molecule has 0 aliphatic carbocycles. The van der Waals surface area contributed by atoms with Gasteiger partial charge in [0.05, 0.1) is 24.6 Å². The predicted molar refractivity (Wildman–Crippen MR) is 119 cm³/mol. The van der Waals surface area contributed by atoms with Crippen molar-refractivity contribution in [1.29, 1.82) is 0 Å². The van der Waals surface area contributed by atoms with Crippen LogP contribution in [0.4, 0.5) is 5.82 Å². The van der Waals surface area contributed by atoms with E-state index in [0.29, 0.717) is 56.7 Å². The average molecular weight is 440 g/mol. The number of nitrogens with two attached hydrogens (primary N) is 1. The second kappa shape index (κ2) is 9.42. The van der Waals surface area contributed by atoms with Gasteiger partial charge in [-0.3, -0.25) is 14.4 Å². The summed E-state index contributed by atoms with van der Waals surface area (Å²) in [4.78, 5) is 40.9. The number of methoxy groups -OCH3 is 1. The predicted octanol–water partition coefficient (Wildman–Crippen LogP) is 1.90. The normalized spacial score (nSPS) is 18.4. The van der Waals surface area contributed by atoms with Crippen molar-refractivity contribution in [3.63, 3.8) is 0 Å². The van der Waals surface area contributed by atoms with Crippen molar-refractivity contribution in [2.75, 3.05) is 39.0 Å². The fraction of sp³-hybridized carbons (Fsp3) is 0.478. The van der Waals surface area contributed by atoms with E-state index in [2.05, 4.69) is 5.10 Å². The van der Waals surface area contributed by atoms with Crippen LogP contribution < -0.4 is 10.5 Å². The van der Waals surface area contributed by atoms with Gasteiger partial charge in [0.15, 0.2) is 5.78 Å². The highest BCUT2D eigenvalue weighted by Gasteiger charge is 2.33. The van der Waals surface area contributed by atoms with Gasteiger partial charge in [-0.25, -0.2) is 4.68 Å². The van der Waals surface area contributed by atoms with Crippen LogP contribution in [0.1, 0.15) is 42.5 Å². The SMILES string of the molecule is COc1ccc(-n2ncc(C(=O)[C@@H]3CCN(C(=O)CCCN4CCCC4=O)C3)c2N)cc1. The van der Waals surface area contributed by atoms with Gasteiger partial charge in [-0.15, -0.1) is 0 Å². The van der Waals surface area contributed by atoms with Crippen molar-refractivity contribution in [1.82, 2.24) is 19.6 Å². The molecule has 2 N–H and O–H groups in total. The summed E-state index contributed by atoms with van der Waals surface area (Å²) in [5.74, 6) is 0.861. The van der Waals surface area contributed by atoms with Crippen LogP contribution in [0.25, 0.3) is 5.69 Å². The van der Waals surface area contributed by atoms with Crippen LogP contribution >= 0.6 is 0 Å². The van der Waals surface area contributed by atoms with Crippen LogP contribution in [0, 0.1) is 5.92 Å². The van der Waals surface area contributed by atoms with Gasteiger partial charge in [0.2, 0.25) is 11.8 Å². The van der Waals surface area contributed by atoms with Gasteiger partial charge in [0.1, 0.15) is 11.6 Å². The summed E-state index contributed by atoms with van der Waals surface area (Å²) < 4.78 is 6.70. The highest BCUT2D eigenvalue weighted by atomic mass is 16.5. The minimum absolute atomic E-state index is 0.0360. The molecule has 3 heterocycles. The van der Waals surface area contributed by atoms with E-state index >= 15 is 0 Å². The molecule has 0 unspecified atom stereocenters. The molecule has 1 aromatic carbocycles. The van der Waals surface area contributed by atoms with Gasteiger partial charge < -0.3 is 20.3 Å². The molecule has 4 rings (SSSR count). The highest BCUT2D eigenvalue weighted by Crippen LogP contribution is 2.26. The van der Waals surface area contributed by atoms with Gasteiger partial charge in [0.25, 0.3) is 0 Å². The number of carbonyl (C=O) groups excluding carboxylic acids is 3. The van der Waals surface area contributed by atoms with Crippen LogP contribution in [-0.2, 0) is 9.59 Å². The average Bonchev–Trinajstić information content (AvgIpc) is 3.54. The first-order valence-electron chi connectivity index (χ1n) is 11.1. The molecule has 0 bridgehead atoms. The summed E-state index contributed by atoms with van der Waals surface area (Å²) in [5.41, 5.74) is 7.36. The number of ketones is 1. The lowest BCUT2D eigenvalue weighted by Gasteiger charge is -2.18. The number of anilines is 1. The molecule has 170 valence electrons. The second-order valence-electron chi connectivity index (χ2n) is 8.33. The molecule has 2 fully saturated rings. The van der Waals surface area contributed by atoms with Crippen molar-refractivity contribution in [3.05, 3.63) is 36.0 Å². The zero-order valence-electron chi connectivity index (χ0n) is 18.3. The Kier molecular flexibility index (Phi) is 6.43. The largest absolute Gasteiger partial charge is 0.497 e. The van der Waals surface area contributed by atoms with Crippen LogP contribution in [0.15, 0.2) is 30.5 Å². The highest BCUT2D eigenvalue weighted by molar-refractivity contribution is 6.02. The van der Waals surface area contributed by atoms with Crippen molar-refractivity contribution in [2.24, 2.45) is 5.92 Å². The first-order chi connectivity index (χ1) is 15.5. The lowest BCUT2D eigenvalue weighted by molar-refractivity contribution is -0.131. The van der Waals surface area contributed by atoms with Crippen molar-refractivity contribution in [2.45, 2.75) is 32.1 Å². The third kappa shape index (κ3) is 4.46. The molecule has 9 heteroatoms. The standard InChI is InChI=1S/C23H29N5O4/c1-32-18-8-6-17(7-9-18)28-23(24)19(14-25-28)22(31)16-10-13-27(15-16)21(30)5-3-12-26-11-2-4-20(26)29/h6-9,14,16H,2-5,10-13,15,24H2,1H3/t16-/m1/s1. The number of rotatable bonds is 8. The Morgan fingerprint density at radius 2 is 2.00 bits per heavy atom. The summed E-state index contributed by atoms with van der Waals surface area (Å²) >= 11 is 0. The summed E-state index contributed by atoms with van der Waals surface area (Å²) in [6, 6.07) is 7.25. The molecule has 32 heavy (non-hydrogen) atoms. The van der Waals surface area contributed by atoms with E-state index in [1.807, 2.05) is 17.0 Å². The number of nitrogen functional groups attached to an aromatic ring is 1. The third-order valence-electron chi connectivity index (χ3n) is 6.29. The van der Waals surface area contributed by atoms with E-state index in [1.165, 1.54) is 10.9 Å². The maximum absolute atomic E-state index is 13.1. The van der Waals surface area contributed by atoms with Gasteiger partial charge in [-0.05, 0) is 43.5 Å². The molecule has 0 radical (unpaired) electrons. The van der Waals surface area contributed by atoms with E-state index < -0.39 is 0 Å². The number of benzene rings is 1. The molecule has 2 saturated heterocycles. The number of hydrogen-bond acceptors (Lipinski definition) is 6. The van der Waals surface area contributed by atoms with E-state index in [-0.39, 0.29) is 23.5 Å². The number of Topliss-reactive ketones (excluding diaryl/α,β-unsaturated/α-hetero) is 1. The molecule has 2 aliphatic rings. The van der Waals surface area contributed by atoms with Crippen molar-refractivity contribution in [3.8, 4) is 11.4 Å². The summed E-state index contributed by atoms with van der Waals surface area (Å²) in [5, 5.41) is 4.29. The second-order valence-corrected chi connectivity index (χ2v) is 8.33. The number of likely N-dealkylation sites (tertiary alicyclic amines) is 2. The van der Waals surface area contributed by atoms with Crippen LogP contribution in [0.3, 0.4) is 0 Å². The lowest BCUT2D eigenvalue weighted by atomic mass is 9.98. The van der Waals surface area contributed by atoms with Crippen molar-refractivity contribution < 1.29 is 19.1 Å². The van der Waals surface area contributed by atoms with Crippen LogP contribution in [0.2, 0.25) is 0 Å². The zero-order valence-corrected chi connectivity index (χ0v) is 18.3. The molecule has 0 spiro atoms. The number of aromatic nitrogens is 2. The molecule has 0 saturated carbocycles. The number of nitrogens with zero attached hydrogens (tertiary/aromatic N) is 4. The summed E-state index contributed by atoms with van der Waals surface area (Å²) in [6.07, 6.45) is 4.67. The smallest absolute Gasteiger partial charge is 0.222 e. The Labute approximate surface area is 187 Å². The maximum Gasteiger partial charge on any atom is 0.222 e. The molecule has 2 aromatic rings. The van der Waals surface area contributed by atoms with Crippen LogP contribution in [0.5, 0.6) is 5.75 Å². The molecule has 2 aliphatic heterocycles. The van der Waals surface area contributed by atoms with E-state index in [1.54, 1.807) is 24.1 Å². The number of hydrogen-bond donors (Lipinski definition) is 1. The summed E-state index contributed by atoms with van der Waals surface area (Å²) in [6.45, 7) is 2.37. The van der Waals surface area contributed by atoms with Gasteiger partial charge in [-0.2, -0.15) is 5.10 Å². The Morgan fingerprint density at radius 1 is 1.22 bits per heavy atom. The van der Waals surface area contributed by atoms with Gasteiger partial charge in [0, 0.05) is 44.9 Å². The molecule has 2 amide bonds. The fourth-order valence-corrected chi connectivity index (χ4v) is 4.42. The van der Waals surface area contributed by atoms with E-state index in [9.17, 15) is 14.4 Å². The number of carbonyl (C=O) groups is 3. The molecular formula is C23H29N5O4. The molecule has 9 nitrogen and oxygen atoms in total. The topological polar surface area (TPSA) is 111 Å². The Hall–Kier alpha value is -3.36. The van der Waals surface area contributed by atoms with E-state index in [0.717, 1.165) is 24.4 Å². The Balaban J connectivity index is 1.33. The third-order valence-corrected chi connectivity index (χ3v) is 6.29. The monoisotopic (exact) mass is 439 g/mol. The first-order valence-corrected chi connectivity index (χ1v) is 11.1. The number of amides is 2. The van der Waals surface area contributed by atoms with E-state index in [4.69, 9.17) is 10.5 Å². The Bertz CT molecular complexity index is 1000. The molecule has 1 aromatic heterocycles. The minimum Gasteiger partial charge on any atom is -0.497 e. The molecule has 1 atom stereocenters. The summed E-state index contributed by atoms with van der Waals surface area (Å²) in [7, 11) is 1.60. The first kappa shape index (κ1) is 21.9. The van der Waals surface area contributed by atoms with Gasteiger partial charge in [-0.1, -0.05) is 0 Å². The quantitative estimate of drug-likeness (QED) is 0.629.